The highest BCUT2D eigenvalue weighted by Crippen LogP contribution is 2.44. The normalized spacial score (nSPS) is 18.4. The fourth-order valence-electron chi connectivity index (χ4n) is 5.04. The lowest BCUT2D eigenvalue weighted by atomic mass is 9.98. The van der Waals surface area contributed by atoms with E-state index in [4.69, 9.17) is 4.74 Å². The van der Waals surface area contributed by atoms with Gasteiger partial charge in [-0.15, -0.1) is 0 Å². The summed E-state index contributed by atoms with van der Waals surface area (Å²) in [5, 5.41) is 14.7. The van der Waals surface area contributed by atoms with Crippen molar-refractivity contribution < 1.29 is 24.2 Å². The Kier molecular flexibility index (Phi) is 6.18. The van der Waals surface area contributed by atoms with Crippen LogP contribution >= 0.6 is 0 Å². The van der Waals surface area contributed by atoms with Crippen LogP contribution in [0.1, 0.15) is 46.8 Å². The van der Waals surface area contributed by atoms with E-state index in [0.29, 0.717) is 12.8 Å². The van der Waals surface area contributed by atoms with Crippen LogP contribution in [0.3, 0.4) is 0 Å². The predicted molar refractivity (Wildman–Crippen MR) is 129 cm³/mol. The fraction of sp³-hybridized carbons (Fsp3) is 0.259. The summed E-state index contributed by atoms with van der Waals surface area (Å²) in [5.41, 5.74) is 4.61. The number of aliphatic carboxylic acids is 1. The van der Waals surface area contributed by atoms with Crippen molar-refractivity contribution in [2.75, 3.05) is 11.9 Å². The van der Waals surface area contributed by atoms with Gasteiger partial charge in [-0.2, -0.15) is 0 Å². The first-order valence-corrected chi connectivity index (χ1v) is 11.6. The molecule has 1 saturated carbocycles. The number of carbonyl (C=O) groups excluding carboxylic acids is 2. The molecule has 2 atom stereocenters. The maximum atomic E-state index is 12.6. The zero-order valence-electron chi connectivity index (χ0n) is 18.9. The van der Waals surface area contributed by atoms with Gasteiger partial charge in [0.15, 0.2) is 0 Å². The van der Waals surface area contributed by atoms with E-state index < -0.39 is 29.9 Å². The van der Waals surface area contributed by atoms with E-state index in [1.54, 1.807) is 12.1 Å². The molecule has 0 spiro atoms. The summed E-state index contributed by atoms with van der Waals surface area (Å²) >= 11 is 0. The van der Waals surface area contributed by atoms with Crippen LogP contribution in [-0.4, -0.2) is 40.7 Å². The molecular weight excluding hydrogens is 446 g/mol. The van der Waals surface area contributed by atoms with E-state index in [1.807, 2.05) is 36.4 Å². The molecule has 2 aromatic carbocycles. The summed E-state index contributed by atoms with van der Waals surface area (Å²) in [7, 11) is 0. The van der Waals surface area contributed by atoms with Crippen LogP contribution in [0, 0.1) is 5.92 Å². The number of carbonyl (C=O) groups is 3. The molecular formula is C27H25N3O5. The summed E-state index contributed by atoms with van der Waals surface area (Å²) in [6.45, 7) is 0.165. The van der Waals surface area contributed by atoms with Crippen molar-refractivity contribution in [3.63, 3.8) is 0 Å². The summed E-state index contributed by atoms with van der Waals surface area (Å²) in [5.74, 6) is -1.87. The minimum absolute atomic E-state index is 0.0631. The molecule has 35 heavy (non-hydrogen) atoms. The van der Waals surface area contributed by atoms with Crippen molar-refractivity contribution in [3.8, 4) is 11.1 Å². The zero-order valence-corrected chi connectivity index (χ0v) is 18.9. The van der Waals surface area contributed by atoms with Gasteiger partial charge in [0.1, 0.15) is 18.1 Å². The Morgan fingerprint density at radius 1 is 0.914 bits per heavy atom. The smallest absolute Gasteiger partial charge is 0.412 e. The number of hydrogen-bond acceptors (Lipinski definition) is 5. The lowest BCUT2D eigenvalue weighted by Gasteiger charge is -2.17. The molecule has 1 fully saturated rings. The van der Waals surface area contributed by atoms with Gasteiger partial charge in [0.05, 0.1) is 5.92 Å². The van der Waals surface area contributed by atoms with Crippen LogP contribution in [0.5, 0.6) is 0 Å². The first-order valence-electron chi connectivity index (χ1n) is 11.6. The number of benzene rings is 2. The minimum Gasteiger partial charge on any atom is -0.481 e. The highest BCUT2D eigenvalue weighted by Gasteiger charge is 2.34. The molecule has 0 aliphatic heterocycles. The molecule has 178 valence electrons. The van der Waals surface area contributed by atoms with Gasteiger partial charge in [0.2, 0.25) is 0 Å². The quantitative estimate of drug-likeness (QED) is 0.490. The number of fused-ring (bicyclic) bond motifs is 3. The van der Waals surface area contributed by atoms with Gasteiger partial charge in [0, 0.05) is 12.0 Å². The fourth-order valence-corrected chi connectivity index (χ4v) is 5.04. The Morgan fingerprint density at radius 3 is 2.29 bits per heavy atom. The Balaban J connectivity index is 1.22. The first kappa shape index (κ1) is 22.6. The van der Waals surface area contributed by atoms with E-state index in [0.717, 1.165) is 28.7 Å². The summed E-state index contributed by atoms with van der Waals surface area (Å²) in [6.07, 6.45) is 1.23. The number of pyridine rings is 1. The molecule has 0 bridgehead atoms. The van der Waals surface area contributed by atoms with Crippen LogP contribution in [0.15, 0.2) is 66.7 Å². The first-order chi connectivity index (χ1) is 17.0. The third-order valence-corrected chi connectivity index (χ3v) is 6.71. The van der Waals surface area contributed by atoms with E-state index in [1.165, 1.54) is 6.07 Å². The topological polar surface area (TPSA) is 118 Å². The second-order valence-corrected chi connectivity index (χ2v) is 8.81. The van der Waals surface area contributed by atoms with E-state index >= 15 is 0 Å². The summed E-state index contributed by atoms with van der Waals surface area (Å²) < 4.78 is 5.54. The number of aromatic nitrogens is 1. The molecule has 2 aliphatic carbocycles. The van der Waals surface area contributed by atoms with Crippen LogP contribution in [0.4, 0.5) is 10.6 Å². The predicted octanol–water partition coefficient (Wildman–Crippen LogP) is 4.43. The monoisotopic (exact) mass is 471 g/mol. The lowest BCUT2D eigenvalue weighted by molar-refractivity contribution is -0.142. The maximum absolute atomic E-state index is 12.6. The zero-order chi connectivity index (χ0) is 24.4. The van der Waals surface area contributed by atoms with Crippen LogP contribution < -0.4 is 10.6 Å². The van der Waals surface area contributed by atoms with Crippen molar-refractivity contribution in [2.24, 2.45) is 5.92 Å². The van der Waals surface area contributed by atoms with E-state index in [-0.39, 0.29) is 24.0 Å². The van der Waals surface area contributed by atoms with Gasteiger partial charge < -0.3 is 15.2 Å². The second-order valence-electron chi connectivity index (χ2n) is 8.81. The van der Waals surface area contributed by atoms with E-state index in [9.17, 15) is 19.5 Å². The van der Waals surface area contributed by atoms with Crippen molar-refractivity contribution >= 4 is 23.8 Å². The van der Waals surface area contributed by atoms with Gasteiger partial charge >= 0.3 is 12.1 Å². The molecule has 0 saturated heterocycles. The summed E-state index contributed by atoms with van der Waals surface area (Å²) in [6, 6.07) is 20.4. The molecule has 2 amide bonds. The summed E-state index contributed by atoms with van der Waals surface area (Å²) in [4.78, 5) is 40.7. The van der Waals surface area contributed by atoms with Gasteiger partial charge in [-0.3, -0.25) is 14.9 Å². The average Bonchev–Trinajstić information content (AvgIpc) is 3.45. The molecule has 1 heterocycles. The largest absolute Gasteiger partial charge is 0.481 e. The number of amides is 2. The minimum atomic E-state index is -0.911. The standard InChI is InChI=1S/C27H25N3O5/c31-25(29-22-12-5-11-20(22)26(32)33)23-13-6-14-24(28-23)30-27(34)35-15-21-18-9-3-1-7-16(18)17-8-2-4-10-19(17)21/h1-4,6-10,13-14,20-22H,5,11-12,15H2,(H,29,31)(H,32,33)(H,28,30,34). The number of carboxylic acids is 1. The number of nitrogens with one attached hydrogen (secondary N) is 2. The highest BCUT2D eigenvalue weighted by molar-refractivity contribution is 5.94. The average molecular weight is 472 g/mol. The molecule has 5 rings (SSSR count). The number of nitrogens with zero attached hydrogens (tertiary/aromatic N) is 1. The molecule has 1 aromatic heterocycles. The highest BCUT2D eigenvalue weighted by atomic mass is 16.5. The number of rotatable bonds is 6. The number of anilines is 1. The molecule has 3 aromatic rings. The van der Waals surface area contributed by atoms with Crippen LogP contribution in [-0.2, 0) is 9.53 Å². The molecule has 8 nitrogen and oxygen atoms in total. The van der Waals surface area contributed by atoms with Crippen molar-refractivity contribution in [2.45, 2.75) is 31.2 Å². The van der Waals surface area contributed by atoms with Gasteiger partial charge in [-0.05, 0) is 47.2 Å². The molecule has 0 radical (unpaired) electrons. The van der Waals surface area contributed by atoms with Crippen molar-refractivity contribution in [3.05, 3.63) is 83.6 Å². The molecule has 2 unspecified atom stereocenters. The maximum Gasteiger partial charge on any atom is 0.412 e. The molecule has 2 aliphatic rings. The van der Waals surface area contributed by atoms with Crippen LogP contribution in [0.25, 0.3) is 11.1 Å². The Hall–Kier alpha value is -4.20. The van der Waals surface area contributed by atoms with Gasteiger partial charge in [0.25, 0.3) is 5.91 Å². The number of hydrogen-bond donors (Lipinski definition) is 3. The lowest BCUT2D eigenvalue weighted by Crippen LogP contribution is -2.40. The molecule has 3 N–H and O–H groups in total. The Morgan fingerprint density at radius 2 is 1.60 bits per heavy atom. The third kappa shape index (κ3) is 4.59. The van der Waals surface area contributed by atoms with Crippen molar-refractivity contribution in [1.29, 1.82) is 0 Å². The SMILES string of the molecule is O=C(Nc1cccc(C(=O)NC2CCCC2C(=O)O)n1)OCC1c2ccccc2-c2ccccc21. The molecule has 8 heteroatoms. The van der Waals surface area contributed by atoms with Crippen LogP contribution in [0.2, 0.25) is 0 Å². The number of ether oxygens (including phenoxy) is 1. The van der Waals surface area contributed by atoms with Crippen molar-refractivity contribution in [1.82, 2.24) is 10.3 Å². The Bertz CT molecular complexity index is 1250. The van der Waals surface area contributed by atoms with E-state index in [2.05, 4.69) is 27.8 Å². The second kappa shape index (κ2) is 9.58. The van der Waals surface area contributed by atoms with Gasteiger partial charge in [-0.1, -0.05) is 61.0 Å². The third-order valence-electron chi connectivity index (χ3n) is 6.71. The van der Waals surface area contributed by atoms with Gasteiger partial charge in [-0.25, -0.2) is 9.78 Å². The Labute approximate surface area is 202 Å². The number of carboxylic acid groups (broad SMARTS) is 1.